The van der Waals surface area contributed by atoms with Gasteiger partial charge >= 0.3 is 0 Å². The highest BCUT2D eigenvalue weighted by Crippen LogP contribution is 2.25. The largest absolute Gasteiger partial charge is 0.507 e. The molecule has 0 aliphatic carbocycles. The number of rotatable bonds is 2. The summed E-state index contributed by atoms with van der Waals surface area (Å²) < 4.78 is 0. The Morgan fingerprint density at radius 2 is 1.58 bits per heavy atom. The molecule has 0 aromatic heterocycles. The van der Waals surface area contributed by atoms with Gasteiger partial charge < -0.3 is 5.11 Å². The predicted molar refractivity (Wildman–Crippen MR) is 53.0 cm³/mol. The highest BCUT2D eigenvalue weighted by molar-refractivity contribution is 5.66. The third-order valence-electron chi connectivity index (χ3n) is 1.75. The third kappa shape index (κ3) is 1.40. The summed E-state index contributed by atoms with van der Waals surface area (Å²) in [5.41, 5.74) is 2.60. The van der Waals surface area contributed by atoms with Crippen molar-refractivity contribution in [3.05, 3.63) is 42.0 Å². The SMILES string of the molecule is C=Cc1cc(C)cc(C=C)c1O. The number of benzene rings is 1. The molecule has 1 rings (SSSR count). The lowest BCUT2D eigenvalue weighted by Gasteiger charge is -2.04. The second-order valence-corrected chi connectivity index (χ2v) is 2.70. The Labute approximate surface area is 72.7 Å². The van der Waals surface area contributed by atoms with E-state index in [9.17, 15) is 5.11 Å². The van der Waals surface area contributed by atoms with E-state index in [2.05, 4.69) is 13.2 Å². The number of hydrogen-bond acceptors (Lipinski definition) is 1. The van der Waals surface area contributed by atoms with Gasteiger partial charge in [0.15, 0.2) is 0 Å². The molecule has 0 bridgehead atoms. The van der Waals surface area contributed by atoms with Gasteiger partial charge in [-0.25, -0.2) is 0 Å². The molecule has 1 nitrogen and oxygen atoms in total. The first-order chi connectivity index (χ1) is 5.69. The molecule has 1 N–H and O–H groups in total. The normalized spacial score (nSPS) is 9.42. The zero-order chi connectivity index (χ0) is 9.14. The molecule has 0 heterocycles. The third-order valence-corrected chi connectivity index (χ3v) is 1.75. The lowest BCUT2D eigenvalue weighted by Crippen LogP contribution is -1.82. The molecule has 0 unspecified atom stereocenters. The van der Waals surface area contributed by atoms with Gasteiger partial charge in [-0.05, 0) is 24.6 Å². The number of aryl methyl sites for hydroxylation is 1. The van der Waals surface area contributed by atoms with E-state index < -0.39 is 0 Å². The van der Waals surface area contributed by atoms with Gasteiger partial charge in [0.25, 0.3) is 0 Å². The minimum atomic E-state index is 0.255. The number of aromatic hydroxyl groups is 1. The molecule has 0 spiro atoms. The molecule has 1 aromatic rings. The summed E-state index contributed by atoms with van der Waals surface area (Å²) in [4.78, 5) is 0. The summed E-state index contributed by atoms with van der Waals surface area (Å²) in [6.45, 7) is 9.20. The van der Waals surface area contributed by atoms with Crippen molar-refractivity contribution in [1.29, 1.82) is 0 Å². The Bertz CT molecular complexity index is 295. The molecule has 0 aliphatic rings. The maximum absolute atomic E-state index is 9.57. The summed E-state index contributed by atoms with van der Waals surface area (Å²) in [6, 6.07) is 3.77. The maximum atomic E-state index is 9.57. The van der Waals surface area contributed by atoms with E-state index in [-0.39, 0.29) is 5.75 Å². The van der Waals surface area contributed by atoms with E-state index in [0.717, 1.165) is 16.7 Å². The average Bonchev–Trinajstić information content (AvgIpc) is 2.08. The maximum Gasteiger partial charge on any atom is 0.129 e. The van der Waals surface area contributed by atoms with Crippen LogP contribution in [0.25, 0.3) is 12.2 Å². The van der Waals surface area contributed by atoms with Crippen LogP contribution in [0.4, 0.5) is 0 Å². The summed E-state index contributed by atoms with van der Waals surface area (Å²) in [7, 11) is 0. The van der Waals surface area contributed by atoms with Crippen molar-refractivity contribution >= 4 is 12.2 Å². The molecule has 0 aliphatic heterocycles. The fraction of sp³-hybridized carbons (Fsp3) is 0.0909. The van der Waals surface area contributed by atoms with E-state index in [1.807, 2.05) is 19.1 Å². The molecule has 0 radical (unpaired) electrons. The smallest absolute Gasteiger partial charge is 0.129 e. The molecule has 0 atom stereocenters. The van der Waals surface area contributed by atoms with Crippen LogP contribution in [0, 0.1) is 6.92 Å². The van der Waals surface area contributed by atoms with E-state index in [0.29, 0.717) is 0 Å². The van der Waals surface area contributed by atoms with Gasteiger partial charge in [-0.3, -0.25) is 0 Å². The van der Waals surface area contributed by atoms with Gasteiger partial charge in [-0.2, -0.15) is 0 Å². The lowest BCUT2D eigenvalue weighted by molar-refractivity contribution is 0.472. The van der Waals surface area contributed by atoms with Crippen molar-refractivity contribution in [2.24, 2.45) is 0 Å². The van der Waals surface area contributed by atoms with Crippen LogP contribution < -0.4 is 0 Å². The Morgan fingerprint density at radius 3 is 1.92 bits per heavy atom. The van der Waals surface area contributed by atoms with Crippen LogP contribution >= 0.6 is 0 Å². The molecular formula is C11H12O. The highest BCUT2D eigenvalue weighted by Gasteiger charge is 2.02. The monoisotopic (exact) mass is 160 g/mol. The first-order valence-corrected chi connectivity index (χ1v) is 3.77. The Kier molecular flexibility index (Phi) is 2.34. The molecule has 1 heteroatoms. The molecule has 1 aromatic carbocycles. The molecular weight excluding hydrogens is 148 g/mol. The fourth-order valence-corrected chi connectivity index (χ4v) is 1.15. The second-order valence-electron chi connectivity index (χ2n) is 2.70. The van der Waals surface area contributed by atoms with E-state index in [1.165, 1.54) is 0 Å². The van der Waals surface area contributed by atoms with Gasteiger partial charge in [0.2, 0.25) is 0 Å². The van der Waals surface area contributed by atoms with E-state index >= 15 is 0 Å². The van der Waals surface area contributed by atoms with Crippen LogP contribution in [0.1, 0.15) is 16.7 Å². The van der Waals surface area contributed by atoms with Crippen LogP contribution in [0.3, 0.4) is 0 Å². The van der Waals surface area contributed by atoms with Crippen molar-refractivity contribution in [1.82, 2.24) is 0 Å². The standard InChI is InChI=1S/C11H12O/c1-4-9-6-8(3)7-10(5-2)11(9)12/h4-7,12H,1-2H2,3H3. The van der Waals surface area contributed by atoms with Gasteiger partial charge in [-0.15, -0.1) is 0 Å². The van der Waals surface area contributed by atoms with E-state index in [4.69, 9.17) is 0 Å². The van der Waals surface area contributed by atoms with Crippen molar-refractivity contribution in [3.8, 4) is 5.75 Å². The van der Waals surface area contributed by atoms with Gasteiger partial charge in [0, 0.05) is 11.1 Å². The highest BCUT2D eigenvalue weighted by atomic mass is 16.3. The predicted octanol–water partition coefficient (Wildman–Crippen LogP) is 2.99. The first kappa shape index (κ1) is 8.60. The summed E-state index contributed by atoms with van der Waals surface area (Å²) in [5, 5.41) is 9.57. The lowest BCUT2D eigenvalue weighted by atomic mass is 10.0. The minimum Gasteiger partial charge on any atom is -0.507 e. The van der Waals surface area contributed by atoms with Crippen LogP contribution in [0.2, 0.25) is 0 Å². The molecule has 0 saturated carbocycles. The summed E-state index contributed by atoms with van der Waals surface area (Å²) in [5.74, 6) is 0.255. The van der Waals surface area contributed by atoms with Crippen molar-refractivity contribution in [2.45, 2.75) is 6.92 Å². The Balaban J connectivity index is 3.41. The molecule has 0 fully saturated rings. The van der Waals surface area contributed by atoms with Crippen molar-refractivity contribution < 1.29 is 5.11 Å². The summed E-state index contributed by atoms with van der Waals surface area (Å²) in [6.07, 6.45) is 3.27. The number of phenols is 1. The van der Waals surface area contributed by atoms with Crippen LogP contribution in [0.15, 0.2) is 25.3 Å². The summed E-state index contributed by atoms with van der Waals surface area (Å²) >= 11 is 0. The van der Waals surface area contributed by atoms with Crippen LogP contribution in [-0.4, -0.2) is 5.11 Å². The van der Waals surface area contributed by atoms with Crippen molar-refractivity contribution in [2.75, 3.05) is 0 Å². The Hall–Kier alpha value is -1.50. The average molecular weight is 160 g/mol. The Morgan fingerprint density at radius 1 is 1.17 bits per heavy atom. The minimum absolute atomic E-state index is 0.255. The quantitative estimate of drug-likeness (QED) is 0.705. The fourth-order valence-electron chi connectivity index (χ4n) is 1.15. The zero-order valence-corrected chi connectivity index (χ0v) is 7.17. The topological polar surface area (TPSA) is 20.2 Å². The second kappa shape index (κ2) is 3.26. The van der Waals surface area contributed by atoms with Gasteiger partial charge in [0.1, 0.15) is 5.75 Å². The number of phenolic OH excluding ortho intramolecular Hbond substituents is 1. The van der Waals surface area contributed by atoms with Crippen LogP contribution in [-0.2, 0) is 0 Å². The van der Waals surface area contributed by atoms with Gasteiger partial charge in [-0.1, -0.05) is 25.3 Å². The van der Waals surface area contributed by atoms with Crippen LogP contribution in [0.5, 0.6) is 5.75 Å². The number of hydrogen-bond donors (Lipinski definition) is 1. The van der Waals surface area contributed by atoms with Crippen molar-refractivity contribution in [3.63, 3.8) is 0 Å². The zero-order valence-electron chi connectivity index (χ0n) is 7.17. The first-order valence-electron chi connectivity index (χ1n) is 3.77. The molecule has 12 heavy (non-hydrogen) atoms. The van der Waals surface area contributed by atoms with E-state index in [1.54, 1.807) is 12.2 Å². The molecule has 0 saturated heterocycles. The van der Waals surface area contributed by atoms with Gasteiger partial charge in [0.05, 0.1) is 0 Å². The molecule has 62 valence electrons. The molecule has 0 amide bonds.